The van der Waals surface area contributed by atoms with Gasteiger partial charge in [-0.3, -0.25) is 0 Å². The van der Waals surface area contributed by atoms with Crippen LogP contribution in [0.5, 0.6) is 0 Å². The maximum atomic E-state index is 5.88. The molecule has 0 aliphatic carbocycles. The first-order valence-electron chi connectivity index (χ1n) is 7.01. The van der Waals surface area contributed by atoms with Crippen molar-refractivity contribution in [3.8, 4) is 0 Å². The summed E-state index contributed by atoms with van der Waals surface area (Å²) in [6.07, 6.45) is 2.80. The number of piperidine rings is 1. The molecule has 1 aromatic heterocycles. The van der Waals surface area contributed by atoms with Crippen molar-refractivity contribution in [2.45, 2.75) is 38.1 Å². The van der Waals surface area contributed by atoms with Gasteiger partial charge in [0.2, 0.25) is 5.89 Å². The summed E-state index contributed by atoms with van der Waals surface area (Å²) in [4.78, 5) is 4.55. The van der Waals surface area contributed by atoms with Crippen LogP contribution >= 0.6 is 11.6 Å². The van der Waals surface area contributed by atoms with Crippen LogP contribution in [0.1, 0.15) is 43.0 Å². The topological polar surface area (TPSA) is 51.0 Å². The van der Waals surface area contributed by atoms with Crippen LogP contribution < -0.4 is 5.32 Å². The van der Waals surface area contributed by atoms with Crippen molar-refractivity contribution in [2.75, 3.05) is 6.54 Å². The molecule has 2 aromatic rings. The van der Waals surface area contributed by atoms with Gasteiger partial charge in [0.15, 0.2) is 5.82 Å². The van der Waals surface area contributed by atoms with Gasteiger partial charge in [-0.15, -0.1) is 0 Å². The summed E-state index contributed by atoms with van der Waals surface area (Å²) in [7, 11) is 0. The van der Waals surface area contributed by atoms with E-state index in [0.717, 1.165) is 41.7 Å². The summed E-state index contributed by atoms with van der Waals surface area (Å²) in [6, 6.07) is 8.26. The SMILES string of the molecule is CC1CC(c2nc(Cc3ccc(Cl)cc3)no2)CCN1. The Labute approximate surface area is 123 Å². The Morgan fingerprint density at radius 2 is 2.15 bits per heavy atom. The standard InChI is InChI=1S/C15H18ClN3O/c1-10-8-12(6-7-17-10)15-18-14(19-20-15)9-11-2-4-13(16)5-3-11/h2-5,10,12,17H,6-9H2,1H3. The normalized spacial score (nSPS) is 22.9. The molecule has 20 heavy (non-hydrogen) atoms. The predicted molar refractivity (Wildman–Crippen MR) is 78.0 cm³/mol. The van der Waals surface area contributed by atoms with Gasteiger partial charge in [-0.25, -0.2) is 0 Å². The monoisotopic (exact) mass is 291 g/mol. The van der Waals surface area contributed by atoms with E-state index in [1.165, 1.54) is 0 Å². The summed E-state index contributed by atoms with van der Waals surface area (Å²) >= 11 is 5.88. The van der Waals surface area contributed by atoms with E-state index in [9.17, 15) is 0 Å². The van der Waals surface area contributed by atoms with Crippen LogP contribution in [-0.4, -0.2) is 22.7 Å². The van der Waals surface area contributed by atoms with Crippen molar-refractivity contribution in [2.24, 2.45) is 0 Å². The Morgan fingerprint density at radius 1 is 1.35 bits per heavy atom. The van der Waals surface area contributed by atoms with Crippen LogP contribution in [0.3, 0.4) is 0 Å². The molecule has 0 amide bonds. The average Bonchev–Trinajstić information content (AvgIpc) is 2.90. The zero-order chi connectivity index (χ0) is 13.9. The van der Waals surface area contributed by atoms with E-state index in [4.69, 9.17) is 16.1 Å². The average molecular weight is 292 g/mol. The lowest BCUT2D eigenvalue weighted by Crippen LogP contribution is -2.34. The second kappa shape index (κ2) is 5.94. The highest BCUT2D eigenvalue weighted by Crippen LogP contribution is 2.26. The summed E-state index contributed by atoms with van der Waals surface area (Å²) in [5.41, 5.74) is 1.14. The van der Waals surface area contributed by atoms with E-state index in [-0.39, 0.29) is 0 Å². The number of halogens is 1. The van der Waals surface area contributed by atoms with Gasteiger partial charge in [0.1, 0.15) is 0 Å². The molecule has 3 rings (SSSR count). The van der Waals surface area contributed by atoms with Gasteiger partial charge in [-0.05, 0) is 44.0 Å². The summed E-state index contributed by atoms with van der Waals surface area (Å²) < 4.78 is 5.43. The van der Waals surface area contributed by atoms with Gasteiger partial charge in [0.25, 0.3) is 0 Å². The van der Waals surface area contributed by atoms with Crippen molar-refractivity contribution in [1.29, 1.82) is 0 Å². The highest BCUT2D eigenvalue weighted by atomic mass is 35.5. The molecule has 0 spiro atoms. The van der Waals surface area contributed by atoms with Crippen molar-refractivity contribution < 1.29 is 4.52 Å². The molecule has 4 nitrogen and oxygen atoms in total. The zero-order valence-corrected chi connectivity index (χ0v) is 12.2. The Morgan fingerprint density at radius 3 is 2.90 bits per heavy atom. The maximum Gasteiger partial charge on any atom is 0.229 e. The van der Waals surface area contributed by atoms with Gasteiger partial charge < -0.3 is 9.84 Å². The molecule has 1 fully saturated rings. The third kappa shape index (κ3) is 3.19. The second-order valence-corrected chi connectivity index (χ2v) is 5.86. The van der Waals surface area contributed by atoms with Gasteiger partial charge >= 0.3 is 0 Å². The fourth-order valence-corrected chi connectivity index (χ4v) is 2.77. The van der Waals surface area contributed by atoms with Crippen molar-refractivity contribution in [1.82, 2.24) is 15.5 Å². The molecular weight excluding hydrogens is 274 g/mol. The highest BCUT2D eigenvalue weighted by Gasteiger charge is 2.24. The lowest BCUT2D eigenvalue weighted by Gasteiger charge is -2.25. The first-order chi connectivity index (χ1) is 9.70. The first kappa shape index (κ1) is 13.6. The molecule has 5 heteroatoms. The molecule has 106 valence electrons. The van der Waals surface area contributed by atoms with Crippen molar-refractivity contribution in [3.63, 3.8) is 0 Å². The Bertz CT molecular complexity index is 567. The Kier molecular flexibility index (Phi) is 4.03. The lowest BCUT2D eigenvalue weighted by molar-refractivity contribution is 0.294. The minimum absolute atomic E-state index is 0.387. The van der Waals surface area contributed by atoms with E-state index in [1.807, 2.05) is 24.3 Å². The Balaban J connectivity index is 1.68. The third-order valence-corrected chi connectivity index (χ3v) is 3.98. The number of aromatic nitrogens is 2. The zero-order valence-electron chi connectivity index (χ0n) is 11.5. The van der Waals surface area contributed by atoms with Gasteiger partial charge in [-0.1, -0.05) is 28.9 Å². The minimum Gasteiger partial charge on any atom is -0.339 e. The summed E-state index contributed by atoms with van der Waals surface area (Å²) in [5.74, 6) is 1.91. The van der Waals surface area contributed by atoms with E-state index in [0.29, 0.717) is 18.4 Å². The number of hydrogen-bond acceptors (Lipinski definition) is 4. The van der Waals surface area contributed by atoms with E-state index >= 15 is 0 Å². The smallest absolute Gasteiger partial charge is 0.229 e. The molecule has 1 aliphatic rings. The predicted octanol–water partition coefficient (Wildman–Crippen LogP) is 3.17. The molecule has 1 saturated heterocycles. The lowest BCUT2D eigenvalue weighted by atomic mass is 9.93. The van der Waals surface area contributed by atoms with Gasteiger partial charge in [0, 0.05) is 23.4 Å². The fourth-order valence-electron chi connectivity index (χ4n) is 2.65. The van der Waals surface area contributed by atoms with Crippen molar-refractivity contribution >= 4 is 11.6 Å². The number of benzene rings is 1. The van der Waals surface area contributed by atoms with Crippen LogP contribution in [-0.2, 0) is 6.42 Å². The molecule has 0 saturated carbocycles. The molecule has 2 unspecified atom stereocenters. The van der Waals surface area contributed by atoms with Crippen LogP contribution in [0.2, 0.25) is 5.02 Å². The van der Waals surface area contributed by atoms with E-state index < -0.39 is 0 Å². The van der Waals surface area contributed by atoms with Gasteiger partial charge in [0.05, 0.1) is 0 Å². The molecule has 0 bridgehead atoms. The quantitative estimate of drug-likeness (QED) is 0.944. The van der Waals surface area contributed by atoms with Gasteiger partial charge in [-0.2, -0.15) is 4.98 Å². The second-order valence-electron chi connectivity index (χ2n) is 5.43. The number of nitrogens with zero attached hydrogens (tertiary/aromatic N) is 2. The number of hydrogen-bond donors (Lipinski definition) is 1. The van der Waals surface area contributed by atoms with Crippen molar-refractivity contribution in [3.05, 3.63) is 46.6 Å². The molecule has 1 N–H and O–H groups in total. The van der Waals surface area contributed by atoms with E-state index in [1.54, 1.807) is 0 Å². The molecule has 2 atom stereocenters. The van der Waals surface area contributed by atoms with E-state index in [2.05, 4.69) is 22.4 Å². The molecular formula is C15H18ClN3O. The van der Waals surface area contributed by atoms with Crippen LogP contribution in [0.25, 0.3) is 0 Å². The molecule has 0 radical (unpaired) electrons. The number of nitrogens with one attached hydrogen (secondary N) is 1. The number of rotatable bonds is 3. The highest BCUT2D eigenvalue weighted by molar-refractivity contribution is 6.30. The minimum atomic E-state index is 0.387. The summed E-state index contributed by atoms with van der Waals surface area (Å²) in [5, 5.41) is 8.27. The van der Waals surface area contributed by atoms with Crippen LogP contribution in [0.15, 0.2) is 28.8 Å². The third-order valence-electron chi connectivity index (χ3n) is 3.73. The summed E-state index contributed by atoms with van der Waals surface area (Å²) in [6.45, 7) is 3.21. The van der Waals surface area contributed by atoms with Crippen LogP contribution in [0.4, 0.5) is 0 Å². The first-order valence-corrected chi connectivity index (χ1v) is 7.39. The maximum absolute atomic E-state index is 5.88. The molecule has 1 aromatic carbocycles. The molecule has 2 heterocycles. The van der Waals surface area contributed by atoms with Crippen LogP contribution in [0, 0.1) is 0 Å². The molecule has 1 aliphatic heterocycles. The largest absolute Gasteiger partial charge is 0.339 e. The Hall–Kier alpha value is -1.39. The fraction of sp³-hybridized carbons (Fsp3) is 0.467.